The number of aromatic nitrogens is 1. The van der Waals surface area contributed by atoms with Gasteiger partial charge in [-0.25, -0.2) is 9.37 Å². The van der Waals surface area contributed by atoms with Crippen molar-refractivity contribution in [2.24, 2.45) is 0 Å². The van der Waals surface area contributed by atoms with Gasteiger partial charge in [0, 0.05) is 18.3 Å². The van der Waals surface area contributed by atoms with Crippen molar-refractivity contribution in [1.29, 1.82) is 5.26 Å². The largest absolute Gasteiger partial charge is 0.457 e. The molecular weight excluding hydrogens is 219 g/mol. The molecule has 1 aromatic heterocycles. The molecule has 1 aromatic carbocycles. The molecule has 0 fully saturated rings. The number of aryl methyl sites for hydroxylation is 1. The van der Waals surface area contributed by atoms with Crippen LogP contribution in [0.4, 0.5) is 4.39 Å². The summed E-state index contributed by atoms with van der Waals surface area (Å²) in [6, 6.07) is 9.35. The minimum Gasteiger partial charge on any atom is -0.457 e. The Bertz CT molecular complexity index is 590. The third-order valence-electron chi connectivity index (χ3n) is 2.22. The molecule has 0 saturated carbocycles. The first-order chi connectivity index (χ1) is 8.19. The molecule has 0 radical (unpaired) electrons. The molecule has 0 unspecified atom stereocenters. The van der Waals surface area contributed by atoms with Crippen LogP contribution in [0.1, 0.15) is 11.3 Å². The molecule has 0 amide bonds. The number of benzene rings is 1. The van der Waals surface area contributed by atoms with Crippen molar-refractivity contribution < 1.29 is 9.13 Å². The van der Waals surface area contributed by atoms with Gasteiger partial charge in [0.15, 0.2) is 0 Å². The van der Waals surface area contributed by atoms with Crippen LogP contribution in [0, 0.1) is 24.1 Å². The minimum absolute atomic E-state index is 0.261. The summed E-state index contributed by atoms with van der Waals surface area (Å²) in [6.07, 6.45) is 1.47. The van der Waals surface area contributed by atoms with Gasteiger partial charge in [0.2, 0.25) is 0 Å². The Morgan fingerprint density at radius 3 is 2.88 bits per heavy atom. The number of nitriles is 1. The SMILES string of the molecule is Cc1ccc(F)cc1Oc1ccnc(C#N)c1. The van der Waals surface area contributed by atoms with E-state index in [9.17, 15) is 4.39 Å². The van der Waals surface area contributed by atoms with Crippen molar-refractivity contribution >= 4 is 0 Å². The second-order valence-corrected chi connectivity index (χ2v) is 3.50. The van der Waals surface area contributed by atoms with Crippen LogP contribution < -0.4 is 4.74 Å². The summed E-state index contributed by atoms with van der Waals surface area (Å²) < 4.78 is 18.6. The molecule has 0 bridgehead atoms. The Hall–Kier alpha value is -2.41. The van der Waals surface area contributed by atoms with Crippen molar-refractivity contribution in [2.45, 2.75) is 6.92 Å². The van der Waals surface area contributed by atoms with Gasteiger partial charge < -0.3 is 4.74 Å². The van der Waals surface area contributed by atoms with Crippen molar-refractivity contribution in [3.05, 3.63) is 53.6 Å². The molecule has 0 N–H and O–H groups in total. The normalized spacial score (nSPS) is 9.71. The van der Waals surface area contributed by atoms with E-state index in [2.05, 4.69) is 4.98 Å². The second kappa shape index (κ2) is 4.62. The Balaban J connectivity index is 2.31. The maximum atomic E-state index is 13.1. The van der Waals surface area contributed by atoms with Crippen molar-refractivity contribution in [1.82, 2.24) is 4.98 Å². The zero-order valence-corrected chi connectivity index (χ0v) is 9.14. The van der Waals surface area contributed by atoms with Gasteiger partial charge in [-0.05, 0) is 24.6 Å². The fraction of sp³-hybridized carbons (Fsp3) is 0.0769. The van der Waals surface area contributed by atoms with E-state index in [0.717, 1.165) is 5.56 Å². The molecule has 0 atom stereocenters. The zero-order valence-electron chi connectivity index (χ0n) is 9.14. The molecular formula is C13H9FN2O. The van der Waals surface area contributed by atoms with E-state index in [4.69, 9.17) is 10.00 Å². The van der Waals surface area contributed by atoms with Crippen LogP contribution in [-0.2, 0) is 0 Å². The van der Waals surface area contributed by atoms with Crippen LogP contribution in [0.2, 0.25) is 0 Å². The molecule has 0 aliphatic rings. The van der Waals surface area contributed by atoms with Crippen LogP contribution in [0.15, 0.2) is 36.5 Å². The highest BCUT2D eigenvalue weighted by molar-refractivity contribution is 5.38. The van der Waals surface area contributed by atoms with Crippen LogP contribution in [0.5, 0.6) is 11.5 Å². The predicted molar refractivity (Wildman–Crippen MR) is 60.2 cm³/mol. The summed E-state index contributed by atoms with van der Waals surface area (Å²) in [5.41, 5.74) is 1.08. The lowest BCUT2D eigenvalue weighted by atomic mass is 10.2. The van der Waals surface area contributed by atoms with Gasteiger partial charge in [-0.2, -0.15) is 5.26 Å². The lowest BCUT2D eigenvalue weighted by Gasteiger charge is -2.08. The average molecular weight is 228 g/mol. The summed E-state index contributed by atoms with van der Waals surface area (Å²) in [5.74, 6) is 0.533. The number of ether oxygens (including phenoxy) is 1. The number of nitrogens with zero attached hydrogens (tertiary/aromatic N) is 2. The van der Waals surface area contributed by atoms with E-state index in [1.807, 2.05) is 13.0 Å². The average Bonchev–Trinajstić information content (AvgIpc) is 2.34. The molecule has 3 nitrogen and oxygen atoms in total. The highest BCUT2D eigenvalue weighted by Gasteiger charge is 2.04. The minimum atomic E-state index is -0.361. The lowest BCUT2D eigenvalue weighted by molar-refractivity contribution is 0.472. The molecule has 2 aromatic rings. The van der Waals surface area contributed by atoms with E-state index in [0.29, 0.717) is 11.5 Å². The van der Waals surface area contributed by atoms with Gasteiger partial charge in [-0.3, -0.25) is 0 Å². The first-order valence-corrected chi connectivity index (χ1v) is 4.99. The molecule has 0 spiro atoms. The third-order valence-corrected chi connectivity index (χ3v) is 2.22. The van der Waals surface area contributed by atoms with Crippen LogP contribution in [-0.4, -0.2) is 4.98 Å². The van der Waals surface area contributed by atoms with Crippen molar-refractivity contribution in [3.8, 4) is 17.6 Å². The molecule has 4 heteroatoms. The second-order valence-electron chi connectivity index (χ2n) is 3.50. The van der Waals surface area contributed by atoms with E-state index in [-0.39, 0.29) is 11.5 Å². The Morgan fingerprint density at radius 2 is 2.12 bits per heavy atom. The van der Waals surface area contributed by atoms with E-state index in [1.165, 1.54) is 24.4 Å². The van der Waals surface area contributed by atoms with E-state index >= 15 is 0 Å². The monoisotopic (exact) mass is 228 g/mol. The Morgan fingerprint density at radius 1 is 1.29 bits per heavy atom. The standard InChI is InChI=1S/C13H9FN2O/c1-9-2-3-10(14)6-13(9)17-12-4-5-16-11(7-12)8-15/h2-7H,1H3. The number of pyridine rings is 1. The maximum absolute atomic E-state index is 13.1. The van der Waals surface area contributed by atoms with Gasteiger partial charge >= 0.3 is 0 Å². The summed E-state index contributed by atoms with van der Waals surface area (Å²) in [5, 5.41) is 8.70. The van der Waals surface area contributed by atoms with Crippen molar-refractivity contribution in [3.63, 3.8) is 0 Å². The lowest BCUT2D eigenvalue weighted by Crippen LogP contribution is -1.90. The summed E-state index contributed by atoms with van der Waals surface area (Å²) in [7, 11) is 0. The number of hydrogen-bond donors (Lipinski definition) is 0. The quantitative estimate of drug-likeness (QED) is 0.792. The zero-order chi connectivity index (χ0) is 12.3. The molecule has 2 rings (SSSR count). The van der Waals surface area contributed by atoms with Crippen molar-refractivity contribution in [2.75, 3.05) is 0 Å². The van der Waals surface area contributed by atoms with Gasteiger partial charge in [-0.15, -0.1) is 0 Å². The van der Waals surface area contributed by atoms with Gasteiger partial charge in [0.25, 0.3) is 0 Å². The fourth-order valence-corrected chi connectivity index (χ4v) is 1.35. The molecule has 0 saturated heterocycles. The molecule has 17 heavy (non-hydrogen) atoms. The topological polar surface area (TPSA) is 45.9 Å². The highest BCUT2D eigenvalue weighted by Crippen LogP contribution is 2.25. The third kappa shape index (κ3) is 2.58. The Labute approximate surface area is 98.1 Å². The molecule has 84 valence electrons. The number of rotatable bonds is 2. The van der Waals surface area contributed by atoms with Gasteiger partial charge in [0.05, 0.1) is 0 Å². The first-order valence-electron chi connectivity index (χ1n) is 4.99. The van der Waals surface area contributed by atoms with Crippen LogP contribution in [0.3, 0.4) is 0 Å². The maximum Gasteiger partial charge on any atom is 0.144 e. The molecule has 0 aliphatic heterocycles. The molecule has 1 heterocycles. The van der Waals surface area contributed by atoms with Gasteiger partial charge in [-0.1, -0.05) is 6.07 Å². The highest BCUT2D eigenvalue weighted by atomic mass is 19.1. The van der Waals surface area contributed by atoms with Gasteiger partial charge in [0.1, 0.15) is 29.1 Å². The number of hydrogen-bond acceptors (Lipinski definition) is 3. The van der Waals surface area contributed by atoms with Crippen LogP contribution in [0.25, 0.3) is 0 Å². The smallest absolute Gasteiger partial charge is 0.144 e. The Kier molecular flexibility index (Phi) is 3.01. The summed E-state index contributed by atoms with van der Waals surface area (Å²) in [4.78, 5) is 3.82. The summed E-state index contributed by atoms with van der Waals surface area (Å²) >= 11 is 0. The predicted octanol–water partition coefficient (Wildman–Crippen LogP) is 3.19. The molecule has 0 aliphatic carbocycles. The first kappa shape index (κ1) is 11.1. The number of halogens is 1. The summed E-state index contributed by atoms with van der Waals surface area (Å²) in [6.45, 7) is 1.82. The fourth-order valence-electron chi connectivity index (χ4n) is 1.35. The van der Waals surface area contributed by atoms with Crippen LogP contribution >= 0.6 is 0 Å². The van der Waals surface area contributed by atoms with E-state index in [1.54, 1.807) is 12.1 Å². The van der Waals surface area contributed by atoms with E-state index < -0.39 is 0 Å².